The van der Waals surface area contributed by atoms with Crippen LogP contribution in [0.25, 0.3) is 0 Å². The number of ether oxygens (including phenoxy) is 2. The molecule has 0 radical (unpaired) electrons. The minimum Gasteiger partial charge on any atom is -0.494 e. The van der Waals surface area contributed by atoms with Gasteiger partial charge in [-0.05, 0) is 25.8 Å². The van der Waals surface area contributed by atoms with Crippen LogP contribution in [0.15, 0.2) is 29.3 Å². The summed E-state index contributed by atoms with van der Waals surface area (Å²) in [4.78, 5) is 7.30. The predicted molar refractivity (Wildman–Crippen MR) is 111 cm³/mol. The van der Waals surface area contributed by atoms with Crippen molar-refractivity contribution in [2.24, 2.45) is 10.9 Å². The van der Waals surface area contributed by atoms with Crippen molar-refractivity contribution < 1.29 is 9.47 Å². The number of aliphatic imine (C=N–C) groups is 1. The summed E-state index contributed by atoms with van der Waals surface area (Å²) in [5, 5.41) is 6.89. The summed E-state index contributed by atoms with van der Waals surface area (Å²) in [5.41, 5.74) is 1.10. The topological polar surface area (TPSA) is 58.1 Å². The third-order valence-electron chi connectivity index (χ3n) is 4.79. The lowest BCUT2D eigenvalue weighted by atomic mass is 10.0. The van der Waals surface area contributed by atoms with Gasteiger partial charge in [-0.1, -0.05) is 32.0 Å². The Kier molecular flexibility index (Phi) is 9.42. The minimum atomic E-state index is 0.466. The van der Waals surface area contributed by atoms with Gasteiger partial charge in [-0.25, -0.2) is 4.99 Å². The molecule has 1 fully saturated rings. The fourth-order valence-electron chi connectivity index (χ4n) is 3.33. The fraction of sp³-hybridized carbons (Fsp3) is 0.667. The first-order valence-electron chi connectivity index (χ1n) is 10.2. The van der Waals surface area contributed by atoms with Crippen LogP contribution in [0.5, 0.6) is 5.75 Å². The third kappa shape index (κ3) is 7.03. The first-order chi connectivity index (χ1) is 13.2. The molecule has 1 aromatic rings. The number of hydrogen-bond donors (Lipinski definition) is 2. The largest absolute Gasteiger partial charge is 0.494 e. The Morgan fingerprint density at radius 1 is 1.19 bits per heavy atom. The Balaban J connectivity index is 2.00. The van der Waals surface area contributed by atoms with Crippen LogP contribution in [0.1, 0.15) is 33.3 Å². The van der Waals surface area contributed by atoms with Gasteiger partial charge < -0.3 is 20.1 Å². The molecule has 1 saturated heterocycles. The monoisotopic (exact) mass is 376 g/mol. The van der Waals surface area contributed by atoms with E-state index in [2.05, 4.69) is 42.4 Å². The number of rotatable bonds is 9. The van der Waals surface area contributed by atoms with Gasteiger partial charge in [-0.2, -0.15) is 0 Å². The molecule has 27 heavy (non-hydrogen) atoms. The highest BCUT2D eigenvalue weighted by molar-refractivity contribution is 5.79. The lowest BCUT2D eigenvalue weighted by Gasteiger charge is -2.37. The zero-order valence-electron chi connectivity index (χ0n) is 17.3. The zero-order valence-corrected chi connectivity index (χ0v) is 17.3. The standard InChI is InChI=1S/C21H36N4O2/c1-5-22-21(23-15-18-9-7-8-10-20(18)27-6-2)24-16-19(17(3)4)25-11-13-26-14-12-25/h7-10,17,19H,5-6,11-16H2,1-4H3,(H2,22,23,24). The summed E-state index contributed by atoms with van der Waals surface area (Å²) in [6.45, 7) is 15.3. The van der Waals surface area contributed by atoms with E-state index in [-0.39, 0.29) is 0 Å². The predicted octanol–water partition coefficient (Wildman–Crippen LogP) is 2.50. The molecule has 0 amide bonds. The van der Waals surface area contributed by atoms with Crippen LogP contribution in [-0.2, 0) is 11.3 Å². The maximum absolute atomic E-state index is 5.71. The van der Waals surface area contributed by atoms with Crippen LogP contribution in [0.3, 0.4) is 0 Å². The van der Waals surface area contributed by atoms with Crippen LogP contribution >= 0.6 is 0 Å². The van der Waals surface area contributed by atoms with Crippen molar-refractivity contribution >= 4 is 5.96 Å². The Labute approximate surface area is 164 Å². The summed E-state index contributed by atoms with van der Waals surface area (Å²) in [7, 11) is 0. The van der Waals surface area contributed by atoms with Gasteiger partial charge in [0.25, 0.3) is 0 Å². The summed E-state index contributed by atoms with van der Waals surface area (Å²) in [6.07, 6.45) is 0. The van der Waals surface area contributed by atoms with Gasteiger partial charge in [0.15, 0.2) is 5.96 Å². The molecular formula is C21H36N4O2. The van der Waals surface area contributed by atoms with Crippen molar-refractivity contribution in [1.29, 1.82) is 0 Å². The van der Waals surface area contributed by atoms with E-state index >= 15 is 0 Å². The van der Waals surface area contributed by atoms with Gasteiger partial charge in [0.2, 0.25) is 0 Å². The molecule has 0 saturated carbocycles. The molecule has 2 rings (SSSR count). The quantitative estimate of drug-likeness (QED) is 0.512. The van der Waals surface area contributed by atoms with Crippen molar-refractivity contribution in [3.8, 4) is 5.75 Å². The van der Waals surface area contributed by atoms with Crippen LogP contribution in [0.4, 0.5) is 0 Å². The Hall–Kier alpha value is -1.79. The van der Waals surface area contributed by atoms with Gasteiger partial charge in [-0.3, -0.25) is 4.90 Å². The highest BCUT2D eigenvalue weighted by atomic mass is 16.5. The second kappa shape index (κ2) is 11.8. The lowest BCUT2D eigenvalue weighted by Crippen LogP contribution is -2.52. The molecule has 1 atom stereocenters. The van der Waals surface area contributed by atoms with Crippen LogP contribution in [0, 0.1) is 5.92 Å². The molecule has 1 aliphatic rings. The number of nitrogens with one attached hydrogen (secondary N) is 2. The van der Waals surface area contributed by atoms with E-state index in [0.29, 0.717) is 25.1 Å². The summed E-state index contributed by atoms with van der Waals surface area (Å²) in [6, 6.07) is 8.57. The molecule has 2 N–H and O–H groups in total. The molecule has 0 aromatic heterocycles. The van der Waals surface area contributed by atoms with E-state index in [9.17, 15) is 0 Å². The van der Waals surface area contributed by atoms with Crippen molar-refractivity contribution in [3.05, 3.63) is 29.8 Å². The number of nitrogens with zero attached hydrogens (tertiary/aromatic N) is 2. The molecule has 1 unspecified atom stereocenters. The van der Waals surface area contributed by atoms with Gasteiger partial charge in [0, 0.05) is 37.8 Å². The number of hydrogen-bond acceptors (Lipinski definition) is 4. The molecular weight excluding hydrogens is 340 g/mol. The van der Waals surface area contributed by atoms with Crippen LogP contribution in [0.2, 0.25) is 0 Å². The summed E-state index contributed by atoms with van der Waals surface area (Å²) >= 11 is 0. The average molecular weight is 377 g/mol. The Bertz CT molecular complexity index is 571. The molecule has 152 valence electrons. The van der Waals surface area contributed by atoms with Crippen LogP contribution < -0.4 is 15.4 Å². The molecule has 6 nitrogen and oxygen atoms in total. The molecule has 0 aliphatic carbocycles. The molecule has 1 heterocycles. The van der Waals surface area contributed by atoms with Crippen molar-refractivity contribution in [3.63, 3.8) is 0 Å². The van der Waals surface area contributed by atoms with Crippen molar-refractivity contribution in [1.82, 2.24) is 15.5 Å². The van der Waals surface area contributed by atoms with E-state index in [1.54, 1.807) is 0 Å². The van der Waals surface area contributed by atoms with Crippen molar-refractivity contribution in [2.45, 2.75) is 40.3 Å². The van der Waals surface area contributed by atoms with Gasteiger partial charge in [0.05, 0.1) is 26.4 Å². The van der Waals surface area contributed by atoms with Crippen molar-refractivity contribution in [2.75, 3.05) is 46.0 Å². The SMILES string of the molecule is CCNC(=NCc1ccccc1OCC)NCC(C(C)C)N1CCOCC1. The normalized spacial score (nSPS) is 17.0. The fourth-order valence-corrected chi connectivity index (χ4v) is 3.33. The highest BCUT2D eigenvalue weighted by Crippen LogP contribution is 2.18. The number of benzene rings is 1. The third-order valence-corrected chi connectivity index (χ3v) is 4.79. The zero-order chi connectivity index (χ0) is 19.5. The Morgan fingerprint density at radius 3 is 2.59 bits per heavy atom. The second-order valence-electron chi connectivity index (χ2n) is 7.08. The minimum absolute atomic E-state index is 0.466. The average Bonchev–Trinajstić information content (AvgIpc) is 2.68. The van der Waals surface area contributed by atoms with Crippen LogP contribution in [-0.4, -0.2) is 62.9 Å². The van der Waals surface area contributed by atoms with Gasteiger partial charge >= 0.3 is 0 Å². The first-order valence-corrected chi connectivity index (χ1v) is 10.2. The molecule has 6 heteroatoms. The highest BCUT2D eigenvalue weighted by Gasteiger charge is 2.23. The molecule has 0 bridgehead atoms. The lowest BCUT2D eigenvalue weighted by molar-refractivity contribution is 0.00752. The van der Waals surface area contributed by atoms with E-state index in [1.807, 2.05) is 25.1 Å². The maximum atomic E-state index is 5.71. The van der Waals surface area contributed by atoms with Gasteiger partial charge in [-0.15, -0.1) is 0 Å². The molecule has 1 aliphatic heterocycles. The van der Waals surface area contributed by atoms with E-state index in [4.69, 9.17) is 14.5 Å². The molecule has 0 spiro atoms. The maximum Gasteiger partial charge on any atom is 0.191 e. The summed E-state index contributed by atoms with van der Waals surface area (Å²) in [5.74, 6) is 2.33. The summed E-state index contributed by atoms with van der Waals surface area (Å²) < 4.78 is 11.2. The first kappa shape index (κ1) is 21.5. The van der Waals surface area contributed by atoms with E-state index in [0.717, 1.165) is 56.7 Å². The van der Waals surface area contributed by atoms with Gasteiger partial charge in [0.1, 0.15) is 5.75 Å². The number of guanidine groups is 1. The number of morpholine rings is 1. The Morgan fingerprint density at radius 2 is 1.93 bits per heavy atom. The van der Waals surface area contributed by atoms with E-state index in [1.165, 1.54) is 0 Å². The van der Waals surface area contributed by atoms with E-state index < -0.39 is 0 Å². The second-order valence-corrected chi connectivity index (χ2v) is 7.08. The smallest absolute Gasteiger partial charge is 0.191 e. The number of para-hydroxylation sites is 1. The molecule has 1 aromatic carbocycles.